The number of carbonyl (C=O) groups is 2. The second-order valence-corrected chi connectivity index (χ2v) is 8.47. The van der Waals surface area contributed by atoms with Gasteiger partial charge in [0.25, 0.3) is 11.8 Å². The number of benzene rings is 2. The van der Waals surface area contributed by atoms with Crippen LogP contribution in [0.1, 0.15) is 37.5 Å². The van der Waals surface area contributed by atoms with Crippen molar-refractivity contribution in [3.63, 3.8) is 0 Å². The molecule has 0 N–H and O–H groups in total. The van der Waals surface area contributed by atoms with Crippen LogP contribution >= 0.6 is 0 Å². The Balaban J connectivity index is 1.91. The molecule has 0 atom stereocenters. The van der Waals surface area contributed by atoms with Gasteiger partial charge in [0.1, 0.15) is 18.2 Å². The molecule has 2 aromatic carbocycles. The van der Waals surface area contributed by atoms with Crippen LogP contribution in [0.3, 0.4) is 0 Å². The van der Waals surface area contributed by atoms with Gasteiger partial charge in [-0.05, 0) is 54.7 Å². The van der Waals surface area contributed by atoms with Crippen molar-refractivity contribution in [1.82, 2.24) is 4.90 Å². The number of aryl methyl sites for hydroxylation is 1. The number of imide groups is 1. The van der Waals surface area contributed by atoms with Gasteiger partial charge in [0.15, 0.2) is 11.5 Å². The van der Waals surface area contributed by atoms with Gasteiger partial charge in [-0.25, -0.2) is 0 Å². The zero-order chi connectivity index (χ0) is 24.1. The third-order valence-electron chi connectivity index (χ3n) is 5.39. The van der Waals surface area contributed by atoms with E-state index in [1.54, 1.807) is 32.2 Å². The van der Waals surface area contributed by atoms with Crippen molar-refractivity contribution in [3.05, 3.63) is 75.9 Å². The highest BCUT2D eigenvalue weighted by Gasteiger charge is 2.35. The fourth-order valence-electron chi connectivity index (χ4n) is 3.57. The lowest BCUT2D eigenvalue weighted by atomic mass is 9.93. The number of carbonyl (C=O) groups excluding carboxylic acids is 2. The van der Waals surface area contributed by atoms with Crippen LogP contribution in [0.25, 0.3) is 6.08 Å². The highest BCUT2D eigenvalue weighted by Crippen LogP contribution is 2.32. The number of ether oxygens (including phenoxy) is 2. The fourth-order valence-corrected chi connectivity index (χ4v) is 3.57. The number of nitriles is 1. The minimum absolute atomic E-state index is 0.00786. The van der Waals surface area contributed by atoms with Crippen LogP contribution in [0.15, 0.2) is 59.2 Å². The van der Waals surface area contributed by atoms with Gasteiger partial charge in [-0.1, -0.05) is 49.7 Å². The van der Waals surface area contributed by atoms with Crippen LogP contribution in [0.4, 0.5) is 0 Å². The summed E-state index contributed by atoms with van der Waals surface area (Å²) in [4.78, 5) is 26.9. The van der Waals surface area contributed by atoms with Gasteiger partial charge in [0, 0.05) is 12.1 Å². The van der Waals surface area contributed by atoms with E-state index in [0.29, 0.717) is 34.8 Å². The van der Waals surface area contributed by atoms with Crippen molar-refractivity contribution in [2.75, 3.05) is 13.7 Å². The molecule has 0 bridgehead atoms. The quantitative estimate of drug-likeness (QED) is 0.451. The molecule has 33 heavy (non-hydrogen) atoms. The summed E-state index contributed by atoms with van der Waals surface area (Å²) in [6.07, 6.45) is 1.68. The Hall–Kier alpha value is -3.85. The SMILES string of the molecule is COc1cc(/C=C2/C(=O)N(CC(C)C)C(=O)C(C#N)=C2C)ccc1OCc1ccc(C)cc1. The summed E-state index contributed by atoms with van der Waals surface area (Å²) in [5, 5.41) is 9.51. The smallest absolute Gasteiger partial charge is 0.271 e. The van der Waals surface area contributed by atoms with Crippen molar-refractivity contribution in [2.45, 2.75) is 34.3 Å². The maximum absolute atomic E-state index is 13.1. The second-order valence-electron chi connectivity index (χ2n) is 8.47. The summed E-state index contributed by atoms with van der Waals surface area (Å²) >= 11 is 0. The van der Waals surface area contributed by atoms with E-state index >= 15 is 0 Å². The highest BCUT2D eigenvalue weighted by atomic mass is 16.5. The molecule has 3 rings (SSSR count). The Labute approximate surface area is 194 Å². The van der Waals surface area contributed by atoms with Gasteiger partial charge in [-0.2, -0.15) is 5.26 Å². The molecule has 1 heterocycles. The Kier molecular flexibility index (Phi) is 7.34. The predicted molar refractivity (Wildman–Crippen MR) is 126 cm³/mol. The van der Waals surface area contributed by atoms with Gasteiger partial charge < -0.3 is 9.47 Å². The summed E-state index contributed by atoms with van der Waals surface area (Å²) in [6.45, 7) is 8.15. The number of methoxy groups -OCH3 is 1. The van der Waals surface area contributed by atoms with Gasteiger partial charge in [0.05, 0.1) is 7.11 Å². The molecule has 1 aliphatic heterocycles. The topological polar surface area (TPSA) is 79.6 Å². The van der Waals surface area contributed by atoms with Crippen molar-refractivity contribution in [1.29, 1.82) is 5.26 Å². The molecule has 0 radical (unpaired) electrons. The molecule has 0 saturated heterocycles. The fraction of sp³-hybridized carbons (Fsp3) is 0.296. The number of nitrogens with zero attached hydrogens (tertiary/aromatic N) is 2. The van der Waals surface area contributed by atoms with Crippen molar-refractivity contribution in [3.8, 4) is 17.6 Å². The summed E-state index contributed by atoms with van der Waals surface area (Å²) in [7, 11) is 1.55. The average Bonchev–Trinajstić information content (AvgIpc) is 2.79. The van der Waals surface area contributed by atoms with Crippen molar-refractivity contribution in [2.24, 2.45) is 5.92 Å². The van der Waals surface area contributed by atoms with Crippen LogP contribution in [0.2, 0.25) is 0 Å². The molecule has 2 aromatic rings. The van der Waals surface area contributed by atoms with Gasteiger partial charge in [0.2, 0.25) is 0 Å². The number of rotatable bonds is 7. The first-order valence-corrected chi connectivity index (χ1v) is 10.8. The molecule has 170 valence electrons. The van der Waals surface area contributed by atoms with E-state index in [9.17, 15) is 14.9 Å². The first-order valence-electron chi connectivity index (χ1n) is 10.8. The molecule has 0 fully saturated rings. The Morgan fingerprint density at radius 2 is 1.73 bits per heavy atom. The number of hydrogen-bond acceptors (Lipinski definition) is 5. The largest absolute Gasteiger partial charge is 0.493 e. The lowest BCUT2D eigenvalue weighted by molar-refractivity contribution is -0.141. The maximum atomic E-state index is 13.1. The minimum atomic E-state index is -0.539. The van der Waals surface area contributed by atoms with Crippen molar-refractivity contribution < 1.29 is 19.1 Å². The van der Waals surface area contributed by atoms with Crippen LogP contribution in [-0.4, -0.2) is 30.4 Å². The van der Waals surface area contributed by atoms with Crippen LogP contribution in [0, 0.1) is 24.2 Å². The first kappa shape index (κ1) is 23.8. The minimum Gasteiger partial charge on any atom is -0.493 e. The lowest BCUT2D eigenvalue weighted by Crippen LogP contribution is -2.44. The van der Waals surface area contributed by atoms with E-state index in [2.05, 4.69) is 0 Å². The number of amides is 2. The van der Waals surface area contributed by atoms with E-state index in [0.717, 1.165) is 10.5 Å². The molecule has 0 aliphatic carbocycles. The predicted octanol–water partition coefficient (Wildman–Crippen LogP) is 4.83. The highest BCUT2D eigenvalue weighted by molar-refractivity contribution is 6.19. The van der Waals surface area contributed by atoms with Crippen LogP contribution in [-0.2, 0) is 16.2 Å². The Bertz CT molecular complexity index is 1170. The lowest BCUT2D eigenvalue weighted by Gasteiger charge is -2.28. The summed E-state index contributed by atoms with van der Waals surface area (Å²) in [5.74, 6) is 0.253. The molecule has 6 heteroatoms. The monoisotopic (exact) mass is 444 g/mol. The summed E-state index contributed by atoms with van der Waals surface area (Å²) in [6, 6.07) is 15.4. The van der Waals surface area contributed by atoms with E-state index in [4.69, 9.17) is 9.47 Å². The molecular formula is C27H28N2O4. The van der Waals surface area contributed by atoms with Gasteiger partial charge in [-0.15, -0.1) is 0 Å². The molecule has 0 aromatic heterocycles. The average molecular weight is 445 g/mol. The molecular weight excluding hydrogens is 416 g/mol. The third kappa shape index (κ3) is 5.32. The molecule has 2 amide bonds. The Morgan fingerprint density at radius 3 is 2.33 bits per heavy atom. The zero-order valence-electron chi connectivity index (χ0n) is 19.6. The van der Waals surface area contributed by atoms with E-state index in [1.807, 2.05) is 57.2 Å². The third-order valence-corrected chi connectivity index (χ3v) is 5.39. The van der Waals surface area contributed by atoms with Crippen LogP contribution < -0.4 is 9.47 Å². The van der Waals surface area contributed by atoms with E-state index in [-0.39, 0.29) is 18.0 Å². The molecule has 0 spiro atoms. The molecule has 1 aliphatic rings. The van der Waals surface area contributed by atoms with Gasteiger partial charge in [-0.3, -0.25) is 14.5 Å². The van der Waals surface area contributed by atoms with Crippen LogP contribution in [0.5, 0.6) is 11.5 Å². The Morgan fingerprint density at radius 1 is 1.03 bits per heavy atom. The first-order chi connectivity index (χ1) is 15.7. The molecule has 6 nitrogen and oxygen atoms in total. The normalized spacial score (nSPS) is 15.3. The van der Waals surface area contributed by atoms with Crippen molar-refractivity contribution >= 4 is 17.9 Å². The molecule has 0 saturated carbocycles. The van der Waals surface area contributed by atoms with Gasteiger partial charge >= 0.3 is 0 Å². The van der Waals surface area contributed by atoms with E-state index < -0.39 is 11.8 Å². The standard InChI is InChI=1S/C27H28N2O4/c1-17(2)15-29-26(30)22(19(4)23(14-28)27(29)31)12-21-10-11-24(25(13-21)32-5)33-16-20-8-6-18(3)7-9-20/h6-13,17H,15-16H2,1-5H3/b22-12+. The summed E-state index contributed by atoms with van der Waals surface area (Å²) < 4.78 is 11.4. The number of hydrogen-bond donors (Lipinski definition) is 0. The maximum Gasteiger partial charge on any atom is 0.271 e. The molecule has 0 unspecified atom stereocenters. The summed E-state index contributed by atoms with van der Waals surface area (Å²) in [5.41, 5.74) is 3.62. The zero-order valence-corrected chi connectivity index (χ0v) is 19.6. The second kappa shape index (κ2) is 10.2. The van der Waals surface area contributed by atoms with E-state index in [1.165, 1.54) is 5.56 Å².